The molecule has 17 heavy (non-hydrogen) atoms. The van der Waals surface area contributed by atoms with Crippen molar-refractivity contribution in [1.82, 2.24) is 4.98 Å². The summed E-state index contributed by atoms with van der Waals surface area (Å²) in [7, 11) is 0. The number of carbonyl (C=O) groups excluding carboxylic acids is 1. The number of aromatic nitrogens is 1. The number of aryl methyl sites for hydroxylation is 1. The van der Waals surface area contributed by atoms with E-state index >= 15 is 0 Å². The number of hydrogen-bond donors (Lipinski definition) is 2. The van der Waals surface area contributed by atoms with E-state index in [1.54, 1.807) is 6.92 Å². The van der Waals surface area contributed by atoms with Crippen molar-refractivity contribution in [1.29, 1.82) is 0 Å². The molecule has 0 saturated carbocycles. The van der Waals surface area contributed by atoms with Gasteiger partial charge in [0.2, 0.25) is 0 Å². The monoisotopic (exact) mass is 236 g/mol. The molecule has 6 heteroatoms. The van der Waals surface area contributed by atoms with Crippen molar-refractivity contribution in [3.05, 3.63) is 36.2 Å². The number of hydrogen-bond acceptors (Lipinski definition) is 4. The third-order valence-corrected chi connectivity index (χ3v) is 1.90. The average molecular weight is 236 g/mol. The SMILES string of the molecule is C=CCOC(=O)Nc1cnc(C)c(C(=O)O)c1. The Morgan fingerprint density at radius 1 is 1.65 bits per heavy atom. The topological polar surface area (TPSA) is 88.5 Å². The fourth-order valence-electron chi connectivity index (χ4n) is 1.11. The van der Waals surface area contributed by atoms with Gasteiger partial charge < -0.3 is 9.84 Å². The molecule has 0 unspecified atom stereocenters. The summed E-state index contributed by atoms with van der Waals surface area (Å²) >= 11 is 0. The van der Waals surface area contributed by atoms with E-state index in [1.165, 1.54) is 18.3 Å². The van der Waals surface area contributed by atoms with E-state index in [2.05, 4.69) is 21.6 Å². The first-order valence-corrected chi connectivity index (χ1v) is 4.79. The van der Waals surface area contributed by atoms with Crippen LogP contribution in [0.2, 0.25) is 0 Å². The molecule has 0 spiro atoms. The summed E-state index contributed by atoms with van der Waals surface area (Å²) in [4.78, 5) is 25.9. The van der Waals surface area contributed by atoms with Crippen molar-refractivity contribution in [2.75, 3.05) is 11.9 Å². The molecule has 0 radical (unpaired) electrons. The van der Waals surface area contributed by atoms with Gasteiger partial charge in [0.1, 0.15) is 6.61 Å². The predicted molar refractivity (Wildman–Crippen MR) is 61.1 cm³/mol. The van der Waals surface area contributed by atoms with Gasteiger partial charge in [-0.25, -0.2) is 9.59 Å². The zero-order chi connectivity index (χ0) is 12.8. The molecule has 2 N–H and O–H groups in total. The molecule has 90 valence electrons. The van der Waals surface area contributed by atoms with E-state index in [0.717, 1.165) is 0 Å². The molecule has 6 nitrogen and oxygen atoms in total. The zero-order valence-corrected chi connectivity index (χ0v) is 9.27. The highest BCUT2D eigenvalue weighted by Crippen LogP contribution is 2.12. The van der Waals surface area contributed by atoms with Crippen LogP contribution in [0.4, 0.5) is 10.5 Å². The van der Waals surface area contributed by atoms with E-state index in [4.69, 9.17) is 5.11 Å². The van der Waals surface area contributed by atoms with Crippen LogP contribution >= 0.6 is 0 Å². The molecule has 1 aromatic heterocycles. The van der Waals surface area contributed by atoms with E-state index in [-0.39, 0.29) is 17.9 Å². The van der Waals surface area contributed by atoms with Gasteiger partial charge >= 0.3 is 12.1 Å². The van der Waals surface area contributed by atoms with Crippen molar-refractivity contribution in [2.45, 2.75) is 6.92 Å². The van der Waals surface area contributed by atoms with E-state index < -0.39 is 12.1 Å². The first-order valence-electron chi connectivity index (χ1n) is 4.79. The Hall–Kier alpha value is -2.37. The second kappa shape index (κ2) is 5.64. The lowest BCUT2D eigenvalue weighted by Gasteiger charge is -2.06. The predicted octanol–water partition coefficient (Wildman–Crippen LogP) is 1.82. The highest BCUT2D eigenvalue weighted by molar-refractivity contribution is 5.92. The molecule has 1 amide bonds. The van der Waals surface area contributed by atoms with Crippen molar-refractivity contribution < 1.29 is 19.4 Å². The molecule has 1 rings (SSSR count). The van der Waals surface area contributed by atoms with Crippen molar-refractivity contribution in [2.24, 2.45) is 0 Å². The summed E-state index contributed by atoms with van der Waals surface area (Å²) in [6.45, 7) is 5.05. The van der Waals surface area contributed by atoms with Gasteiger partial charge in [-0.3, -0.25) is 10.3 Å². The van der Waals surface area contributed by atoms with E-state index in [1.807, 2.05) is 0 Å². The van der Waals surface area contributed by atoms with Gasteiger partial charge in [-0.2, -0.15) is 0 Å². The van der Waals surface area contributed by atoms with Gasteiger partial charge in [-0.15, -0.1) is 0 Å². The molecule has 0 bridgehead atoms. The lowest BCUT2D eigenvalue weighted by Crippen LogP contribution is -2.14. The lowest BCUT2D eigenvalue weighted by atomic mass is 10.2. The molecule has 1 heterocycles. The maximum Gasteiger partial charge on any atom is 0.411 e. The minimum absolute atomic E-state index is 0.0338. The highest BCUT2D eigenvalue weighted by atomic mass is 16.5. The quantitative estimate of drug-likeness (QED) is 0.778. The first kappa shape index (κ1) is 12.7. The normalized spacial score (nSPS) is 9.47. The van der Waals surface area contributed by atoms with Crippen LogP contribution in [-0.4, -0.2) is 28.8 Å². The molecule has 0 atom stereocenters. The molecule has 0 aliphatic rings. The van der Waals surface area contributed by atoms with Crippen molar-refractivity contribution in [3.63, 3.8) is 0 Å². The Kier molecular flexibility index (Phi) is 4.21. The van der Waals surface area contributed by atoms with Gasteiger partial charge in [0.25, 0.3) is 0 Å². The summed E-state index contributed by atoms with van der Waals surface area (Å²) in [6, 6.07) is 1.32. The fraction of sp³-hybridized carbons (Fsp3) is 0.182. The smallest absolute Gasteiger partial charge is 0.411 e. The van der Waals surface area contributed by atoms with Crippen molar-refractivity contribution in [3.8, 4) is 0 Å². The number of carbonyl (C=O) groups is 2. The largest absolute Gasteiger partial charge is 0.478 e. The molecule has 0 aliphatic carbocycles. The third-order valence-electron chi connectivity index (χ3n) is 1.90. The Morgan fingerprint density at radius 3 is 2.94 bits per heavy atom. The Bertz CT molecular complexity index is 457. The third kappa shape index (κ3) is 3.60. The zero-order valence-electron chi connectivity index (χ0n) is 9.27. The van der Waals surface area contributed by atoms with Crippen LogP contribution in [0.15, 0.2) is 24.9 Å². The Labute approximate surface area is 97.9 Å². The van der Waals surface area contributed by atoms with Gasteiger partial charge in [-0.05, 0) is 13.0 Å². The summed E-state index contributed by atoms with van der Waals surface area (Å²) < 4.78 is 4.68. The molecular formula is C11H12N2O4. The molecule has 0 aromatic carbocycles. The van der Waals surface area contributed by atoms with Gasteiger partial charge in [0.15, 0.2) is 0 Å². The molecule has 1 aromatic rings. The van der Waals surface area contributed by atoms with Crippen LogP contribution in [0, 0.1) is 6.92 Å². The number of pyridine rings is 1. The number of amides is 1. The number of nitrogens with zero attached hydrogens (tertiary/aromatic N) is 1. The fourth-order valence-corrected chi connectivity index (χ4v) is 1.11. The van der Waals surface area contributed by atoms with E-state index in [9.17, 15) is 9.59 Å². The highest BCUT2D eigenvalue weighted by Gasteiger charge is 2.10. The maximum absolute atomic E-state index is 11.2. The van der Waals surface area contributed by atoms with Crippen LogP contribution in [0.3, 0.4) is 0 Å². The Morgan fingerprint density at radius 2 is 2.35 bits per heavy atom. The Balaban J connectivity index is 2.79. The lowest BCUT2D eigenvalue weighted by molar-refractivity contribution is 0.0695. The summed E-state index contributed by atoms with van der Waals surface area (Å²) in [5.41, 5.74) is 0.677. The second-order valence-electron chi connectivity index (χ2n) is 3.17. The summed E-state index contributed by atoms with van der Waals surface area (Å²) in [5.74, 6) is -1.10. The maximum atomic E-state index is 11.2. The van der Waals surface area contributed by atoms with Crippen LogP contribution in [0.5, 0.6) is 0 Å². The number of carboxylic acids is 1. The minimum atomic E-state index is -1.10. The van der Waals surface area contributed by atoms with Gasteiger partial charge in [-0.1, -0.05) is 12.7 Å². The van der Waals surface area contributed by atoms with Gasteiger partial charge in [0.05, 0.1) is 23.1 Å². The average Bonchev–Trinajstić information content (AvgIpc) is 2.28. The molecule has 0 fully saturated rings. The van der Waals surface area contributed by atoms with Crippen LogP contribution in [0.1, 0.15) is 16.1 Å². The van der Waals surface area contributed by atoms with Crippen LogP contribution in [-0.2, 0) is 4.74 Å². The number of anilines is 1. The number of rotatable bonds is 4. The number of ether oxygens (including phenoxy) is 1. The molecule has 0 saturated heterocycles. The number of aromatic carboxylic acids is 1. The first-order chi connectivity index (χ1) is 8.04. The van der Waals surface area contributed by atoms with Gasteiger partial charge in [0, 0.05) is 0 Å². The second-order valence-corrected chi connectivity index (χ2v) is 3.17. The minimum Gasteiger partial charge on any atom is -0.478 e. The van der Waals surface area contributed by atoms with Crippen molar-refractivity contribution >= 4 is 17.7 Å². The summed E-state index contributed by atoms with van der Waals surface area (Å²) in [5, 5.41) is 11.2. The van der Waals surface area contributed by atoms with Crippen LogP contribution in [0.25, 0.3) is 0 Å². The molecule has 0 aliphatic heterocycles. The standard InChI is InChI=1S/C11H12N2O4/c1-3-4-17-11(16)13-8-5-9(10(14)15)7(2)12-6-8/h3,5-6H,1,4H2,2H3,(H,13,16)(H,14,15). The number of carboxylic acid groups (broad SMARTS) is 1. The number of nitrogens with one attached hydrogen (secondary N) is 1. The molecular weight excluding hydrogens is 224 g/mol. The summed E-state index contributed by atoms with van der Waals surface area (Å²) in [6.07, 6.45) is 2.10. The van der Waals surface area contributed by atoms with Crippen LogP contribution < -0.4 is 5.32 Å². The van der Waals surface area contributed by atoms with E-state index in [0.29, 0.717) is 5.69 Å².